The first kappa shape index (κ1) is 18.8. The van der Waals surface area contributed by atoms with E-state index in [2.05, 4.69) is 15.0 Å². The van der Waals surface area contributed by atoms with Crippen LogP contribution in [0.15, 0.2) is 24.5 Å². The van der Waals surface area contributed by atoms with Gasteiger partial charge in [-0.25, -0.2) is 15.0 Å². The first-order valence-electron chi connectivity index (χ1n) is 7.95. The van der Waals surface area contributed by atoms with E-state index < -0.39 is 23.8 Å². The minimum Gasteiger partial charge on any atom is -0.480 e. The molecule has 3 aromatic rings. The zero-order valence-corrected chi connectivity index (χ0v) is 14.4. The quantitative estimate of drug-likeness (QED) is 0.721. The largest absolute Gasteiger partial charge is 0.480 e. The summed E-state index contributed by atoms with van der Waals surface area (Å²) in [5.41, 5.74) is 5.13. The fourth-order valence-electron chi connectivity index (χ4n) is 2.98. The van der Waals surface area contributed by atoms with Crippen molar-refractivity contribution >= 4 is 11.6 Å². The number of aliphatic carboxylic acids is 1. The van der Waals surface area contributed by atoms with Crippen LogP contribution in [0.2, 0.25) is 0 Å². The van der Waals surface area contributed by atoms with Gasteiger partial charge in [-0.15, -0.1) is 0 Å². The molecular formula is C17H16F3N5O2. The monoisotopic (exact) mass is 379 g/mol. The molecule has 0 saturated heterocycles. The molecular weight excluding hydrogens is 363 g/mol. The maximum atomic E-state index is 13.6. The zero-order chi connectivity index (χ0) is 19.9. The van der Waals surface area contributed by atoms with Gasteiger partial charge in [0, 0.05) is 30.1 Å². The molecule has 0 saturated carbocycles. The number of aromatic nitrogens is 4. The fourth-order valence-corrected chi connectivity index (χ4v) is 2.98. The Kier molecular flexibility index (Phi) is 4.60. The van der Waals surface area contributed by atoms with Crippen LogP contribution in [-0.2, 0) is 17.4 Å². The van der Waals surface area contributed by atoms with Gasteiger partial charge >= 0.3 is 12.1 Å². The smallest absolute Gasteiger partial charge is 0.420 e. The predicted octanol–water partition coefficient (Wildman–Crippen LogP) is 2.38. The zero-order valence-electron chi connectivity index (χ0n) is 14.4. The van der Waals surface area contributed by atoms with E-state index in [1.807, 2.05) is 0 Å². The van der Waals surface area contributed by atoms with Gasteiger partial charge in [0.15, 0.2) is 0 Å². The van der Waals surface area contributed by atoms with Crippen LogP contribution in [0.25, 0.3) is 16.9 Å². The van der Waals surface area contributed by atoms with Crippen LogP contribution < -0.4 is 5.73 Å². The lowest BCUT2D eigenvalue weighted by atomic mass is 10.0. The highest BCUT2D eigenvalue weighted by Gasteiger charge is 2.38. The van der Waals surface area contributed by atoms with Crippen LogP contribution in [0, 0.1) is 13.8 Å². The molecule has 1 atom stereocenters. The number of fused-ring (bicyclic) bond motifs is 1. The molecule has 0 aliphatic carbocycles. The van der Waals surface area contributed by atoms with Crippen LogP contribution in [0.5, 0.6) is 0 Å². The average molecular weight is 379 g/mol. The minimum absolute atomic E-state index is 0.00354. The van der Waals surface area contributed by atoms with Crippen molar-refractivity contribution < 1.29 is 23.1 Å². The SMILES string of the molecule is Cc1nc(C)c(C(F)(F)F)c(-c2ccc(CC(N)C(=O)O)n3ccnc23)n1. The van der Waals surface area contributed by atoms with Crippen LogP contribution in [0.4, 0.5) is 13.2 Å². The number of hydrogen-bond donors (Lipinski definition) is 2. The Morgan fingerprint density at radius 3 is 2.63 bits per heavy atom. The van der Waals surface area contributed by atoms with Crippen molar-refractivity contribution in [3.05, 3.63) is 47.3 Å². The van der Waals surface area contributed by atoms with Gasteiger partial charge in [0.2, 0.25) is 0 Å². The number of pyridine rings is 1. The molecule has 1 unspecified atom stereocenters. The number of imidazole rings is 1. The van der Waals surface area contributed by atoms with Crippen molar-refractivity contribution in [2.75, 3.05) is 0 Å². The second-order valence-electron chi connectivity index (χ2n) is 6.09. The third-order valence-corrected chi connectivity index (χ3v) is 4.12. The van der Waals surface area contributed by atoms with Crippen LogP contribution in [-0.4, -0.2) is 36.5 Å². The Morgan fingerprint density at radius 1 is 1.30 bits per heavy atom. The summed E-state index contributed by atoms with van der Waals surface area (Å²) in [6.45, 7) is 2.80. The molecule has 3 N–H and O–H groups in total. The molecule has 0 spiro atoms. The summed E-state index contributed by atoms with van der Waals surface area (Å²) in [5.74, 6) is -0.967. The second-order valence-corrected chi connectivity index (χ2v) is 6.09. The Hall–Kier alpha value is -3.01. The first-order valence-corrected chi connectivity index (χ1v) is 7.95. The maximum absolute atomic E-state index is 13.6. The van der Waals surface area contributed by atoms with Crippen LogP contribution in [0.3, 0.4) is 0 Å². The lowest BCUT2D eigenvalue weighted by molar-refractivity contribution is -0.139. The normalized spacial score (nSPS) is 13.1. The Morgan fingerprint density at radius 2 is 2.00 bits per heavy atom. The molecule has 3 aromatic heterocycles. The number of alkyl halides is 3. The van der Waals surface area contributed by atoms with E-state index in [1.165, 1.54) is 42.8 Å². The molecule has 0 radical (unpaired) electrons. The van der Waals surface area contributed by atoms with Crippen molar-refractivity contribution in [3.8, 4) is 11.3 Å². The summed E-state index contributed by atoms with van der Waals surface area (Å²) in [4.78, 5) is 23.0. The third-order valence-electron chi connectivity index (χ3n) is 4.12. The number of rotatable bonds is 4. The van der Waals surface area contributed by atoms with Gasteiger partial charge in [0.05, 0.1) is 11.4 Å². The summed E-state index contributed by atoms with van der Waals surface area (Å²) in [6, 6.07) is 1.83. The van der Waals surface area contributed by atoms with E-state index in [9.17, 15) is 18.0 Å². The van der Waals surface area contributed by atoms with E-state index in [-0.39, 0.29) is 34.8 Å². The summed E-state index contributed by atoms with van der Waals surface area (Å²) < 4.78 is 42.3. The van der Waals surface area contributed by atoms with Crippen LogP contribution >= 0.6 is 0 Å². The summed E-state index contributed by atoms with van der Waals surface area (Å²) in [5, 5.41) is 8.99. The van der Waals surface area contributed by atoms with E-state index in [1.54, 1.807) is 0 Å². The number of carbonyl (C=O) groups is 1. The predicted molar refractivity (Wildman–Crippen MR) is 90.0 cm³/mol. The van der Waals surface area contributed by atoms with E-state index in [0.717, 1.165) is 0 Å². The highest BCUT2D eigenvalue weighted by molar-refractivity contribution is 5.78. The van der Waals surface area contributed by atoms with Crippen molar-refractivity contribution in [2.45, 2.75) is 32.5 Å². The number of nitrogens with zero attached hydrogens (tertiary/aromatic N) is 4. The van der Waals surface area contributed by atoms with E-state index in [4.69, 9.17) is 10.8 Å². The van der Waals surface area contributed by atoms with Gasteiger partial charge < -0.3 is 15.2 Å². The molecule has 142 valence electrons. The Labute approximate surface area is 151 Å². The summed E-state index contributed by atoms with van der Waals surface area (Å²) >= 11 is 0. The van der Waals surface area contributed by atoms with Crippen molar-refractivity contribution in [2.24, 2.45) is 5.73 Å². The van der Waals surface area contributed by atoms with Crippen LogP contribution in [0.1, 0.15) is 22.8 Å². The van der Waals surface area contributed by atoms with E-state index >= 15 is 0 Å². The molecule has 3 heterocycles. The number of nitrogens with two attached hydrogens (primary N) is 1. The Balaban J connectivity index is 2.23. The third kappa shape index (κ3) is 3.47. The average Bonchev–Trinajstić information content (AvgIpc) is 3.02. The highest BCUT2D eigenvalue weighted by atomic mass is 19.4. The van der Waals surface area contributed by atoms with Gasteiger partial charge in [-0.2, -0.15) is 13.2 Å². The number of halogens is 3. The molecule has 0 aliphatic rings. The number of carboxylic acid groups (broad SMARTS) is 1. The lowest BCUT2D eigenvalue weighted by Crippen LogP contribution is -2.32. The molecule has 0 amide bonds. The number of aryl methyl sites for hydroxylation is 2. The number of carboxylic acids is 1. The first-order chi connectivity index (χ1) is 12.6. The molecule has 0 fully saturated rings. The standard InChI is InChI=1S/C17H16F3N5O2/c1-8-13(17(18,19)20)14(24-9(2)23-8)11-4-3-10(7-12(21)16(26)27)25-6-5-22-15(11)25/h3-6,12H,7,21H2,1-2H3,(H,26,27). The van der Waals surface area contributed by atoms with Gasteiger partial charge in [-0.1, -0.05) is 0 Å². The Bertz CT molecular complexity index is 1030. The maximum Gasteiger partial charge on any atom is 0.420 e. The number of hydrogen-bond acceptors (Lipinski definition) is 5. The lowest BCUT2D eigenvalue weighted by Gasteiger charge is -2.17. The topological polar surface area (TPSA) is 106 Å². The highest BCUT2D eigenvalue weighted by Crippen LogP contribution is 2.38. The molecule has 0 aromatic carbocycles. The van der Waals surface area contributed by atoms with Gasteiger partial charge in [0.25, 0.3) is 0 Å². The molecule has 3 rings (SSSR count). The second kappa shape index (κ2) is 6.62. The van der Waals surface area contributed by atoms with Crippen molar-refractivity contribution in [3.63, 3.8) is 0 Å². The molecule has 0 aliphatic heterocycles. The van der Waals surface area contributed by atoms with Gasteiger partial charge in [-0.05, 0) is 26.0 Å². The van der Waals surface area contributed by atoms with Crippen molar-refractivity contribution in [1.29, 1.82) is 0 Å². The van der Waals surface area contributed by atoms with Crippen molar-refractivity contribution in [1.82, 2.24) is 19.4 Å². The van der Waals surface area contributed by atoms with E-state index in [0.29, 0.717) is 5.69 Å². The summed E-state index contributed by atoms with van der Waals surface area (Å²) in [6.07, 6.45) is -1.68. The molecule has 10 heteroatoms. The minimum atomic E-state index is -4.64. The fraction of sp³-hybridized carbons (Fsp3) is 0.294. The summed E-state index contributed by atoms with van der Waals surface area (Å²) in [7, 11) is 0. The molecule has 0 bridgehead atoms. The van der Waals surface area contributed by atoms with Gasteiger partial charge in [0.1, 0.15) is 23.1 Å². The molecule has 7 nitrogen and oxygen atoms in total. The molecule has 27 heavy (non-hydrogen) atoms. The van der Waals surface area contributed by atoms with Gasteiger partial charge in [-0.3, -0.25) is 4.79 Å².